The maximum atomic E-state index is 12.3. The van der Waals surface area contributed by atoms with Gasteiger partial charge in [0, 0.05) is 13.0 Å². The summed E-state index contributed by atoms with van der Waals surface area (Å²) in [5.41, 5.74) is 3.41. The van der Waals surface area contributed by atoms with Crippen molar-refractivity contribution in [2.45, 2.75) is 25.8 Å². The van der Waals surface area contributed by atoms with Gasteiger partial charge in [0.2, 0.25) is 5.91 Å². The topological polar surface area (TPSA) is 59.6 Å². The molecule has 0 aliphatic carbocycles. The first kappa shape index (κ1) is 22.8. The Kier molecular flexibility index (Phi) is 9.68. The quantitative estimate of drug-likeness (QED) is 0.686. The second-order valence-corrected chi connectivity index (χ2v) is 6.22. The van der Waals surface area contributed by atoms with Crippen LogP contribution in [0.15, 0.2) is 42.5 Å². The molecule has 0 spiro atoms. The van der Waals surface area contributed by atoms with E-state index < -0.39 is 0 Å². The van der Waals surface area contributed by atoms with E-state index in [-0.39, 0.29) is 24.4 Å². The summed E-state index contributed by atoms with van der Waals surface area (Å²) < 4.78 is 10.7. The highest BCUT2D eigenvalue weighted by Gasteiger charge is 2.18. The van der Waals surface area contributed by atoms with Crippen molar-refractivity contribution >= 4 is 18.3 Å². The van der Waals surface area contributed by atoms with E-state index in [1.54, 1.807) is 14.2 Å². The summed E-state index contributed by atoms with van der Waals surface area (Å²) in [5, 5.41) is 6.16. The molecule has 1 atom stereocenters. The van der Waals surface area contributed by atoms with Crippen molar-refractivity contribution in [2.75, 3.05) is 27.8 Å². The van der Waals surface area contributed by atoms with Gasteiger partial charge in [-0.15, -0.1) is 12.4 Å². The Balaban J connectivity index is 0.00000364. The molecule has 0 radical (unpaired) electrons. The highest BCUT2D eigenvalue weighted by Crippen LogP contribution is 2.31. The lowest BCUT2D eigenvalue weighted by molar-refractivity contribution is -0.121. The Hall–Kier alpha value is -2.24. The van der Waals surface area contributed by atoms with Crippen LogP contribution >= 0.6 is 12.4 Å². The van der Waals surface area contributed by atoms with E-state index in [2.05, 4.69) is 29.7 Å². The van der Waals surface area contributed by atoms with Crippen LogP contribution in [0.2, 0.25) is 0 Å². The number of carbonyl (C=O) groups excluding carboxylic acids is 1. The Labute approximate surface area is 167 Å². The number of hydrogen-bond donors (Lipinski definition) is 2. The smallest absolute Gasteiger partial charge is 0.221 e. The van der Waals surface area contributed by atoms with E-state index in [0.717, 1.165) is 5.56 Å². The zero-order valence-electron chi connectivity index (χ0n) is 16.4. The Morgan fingerprint density at radius 1 is 1.07 bits per heavy atom. The molecule has 1 unspecified atom stereocenters. The number of halogens is 1. The van der Waals surface area contributed by atoms with Gasteiger partial charge < -0.3 is 20.1 Å². The van der Waals surface area contributed by atoms with Crippen molar-refractivity contribution < 1.29 is 14.3 Å². The molecule has 148 valence electrons. The Morgan fingerprint density at radius 2 is 1.78 bits per heavy atom. The lowest BCUT2D eigenvalue weighted by atomic mass is 9.95. The van der Waals surface area contributed by atoms with E-state index >= 15 is 0 Å². The zero-order valence-corrected chi connectivity index (χ0v) is 17.2. The van der Waals surface area contributed by atoms with Gasteiger partial charge in [-0.1, -0.05) is 30.3 Å². The minimum absolute atomic E-state index is 0. The molecule has 0 fully saturated rings. The maximum absolute atomic E-state index is 12.3. The van der Waals surface area contributed by atoms with E-state index in [9.17, 15) is 4.79 Å². The first-order chi connectivity index (χ1) is 12.6. The molecule has 0 bridgehead atoms. The van der Waals surface area contributed by atoms with Gasteiger partial charge in [-0.25, -0.2) is 0 Å². The van der Waals surface area contributed by atoms with E-state index in [1.165, 1.54) is 11.1 Å². The minimum atomic E-state index is -0.139. The second kappa shape index (κ2) is 11.5. The SMILES string of the molecule is CNCCC(=O)NC(Cc1ccccc1C)c1ccc(OC)c(OC)c1.Cl. The van der Waals surface area contributed by atoms with Crippen LogP contribution in [-0.4, -0.2) is 33.7 Å². The first-order valence-corrected chi connectivity index (χ1v) is 8.79. The second-order valence-electron chi connectivity index (χ2n) is 6.22. The van der Waals surface area contributed by atoms with Gasteiger partial charge in [-0.2, -0.15) is 0 Å². The monoisotopic (exact) mass is 392 g/mol. The summed E-state index contributed by atoms with van der Waals surface area (Å²) in [6, 6.07) is 13.9. The molecule has 1 amide bonds. The van der Waals surface area contributed by atoms with Gasteiger partial charge in [0.15, 0.2) is 11.5 Å². The maximum Gasteiger partial charge on any atom is 0.221 e. The van der Waals surface area contributed by atoms with Crippen LogP contribution in [0, 0.1) is 6.92 Å². The highest BCUT2D eigenvalue weighted by molar-refractivity contribution is 5.85. The largest absolute Gasteiger partial charge is 0.493 e. The van der Waals surface area contributed by atoms with Gasteiger partial charge in [0.05, 0.1) is 20.3 Å². The van der Waals surface area contributed by atoms with Crippen LogP contribution < -0.4 is 20.1 Å². The molecule has 0 saturated heterocycles. The number of carbonyl (C=O) groups is 1. The van der Waals surface area contributed by atoms with Crippen LogP contribution in [-0.2, 0) is 11.2 Å². The fraction of sp³-hybridized carbons (Fsp3) is 0.381. The number of benzene rings is 2. The van der Waals surface area contributed by atoms with Crippen LogP contribution in [0.5, 0.6) is 11.5 Å². The number of nitrogens with one attached hydrogen (secondary N) is 2. The first-order valence-electron chi connectivity index (χ1n) is 8.79. The van der Waals surface area contributed by atoms with Crippen molar-refractivity contribution in [2.24, 2.45) is 0 Å². The summed E-state index contributed by atoms with van der Waals surface area (Å²) in [4.78, 5) is 12.3. The fourth-order valence-corrected chi connectivity index (χ4v) is 2.89. The summed E-state index contributed by atoms with van der Waals surface area (Å²) in [7, 11) is 5.07. The average Bonchev–Trinajstić information content (AvgIpc) is 2.66. The highest BCUT2D eigenvalue weighted by atomic mass is 35.5. The standard InChI is InChI=1S/C21H28N2O3.ClH/c1-15-7-5-6-8-16(15)13-18(23-21(24)11-12-22-2)17-9-10-19(25-3)20(14-17)26-4;/h5-10,14,18,22H,11-13H2,1-4H3,(H,23,24);1H. The third-order valence-electron chi connectivity index (χ3n) is 4.43. The fourth-order valence-electron chi connectivity index (χ4n) is 2.89. The predicted octanol–water partition coefficient (Wildman–Crippen LogP) is 3.44. The molecule has 2 aromatic carbocycles. The van der Waals surface area contributed by atoms with Crippen molar-refractivity contribution in [3.8, 4) is 11.5 Å². The number of ether oxygens (including phenoxy) is 2. The lowest BCUT2D eigenvalue weighted by Gasteiger charge is -2.22. The van der Waals surface area contributed by atoms with Crippen molar-refractivity contribution in [3.63, 3.8) is 0 Å². The van der Waals surface area contributed by atoms with Crippen molar-refractivity contribution in [1.82, 2.24) is 10.6 Å². The third-order valence-corrected chi connectivity index (χ3v) is 4.43. The molecule has 0 aromatic heterocycles. The molecular formula is C21H29ClN2O3. The predicted molar refractivity (Wildman–Crippen MR) is 111 cm³/mol. The molecule has 6 heteroatoms. The molecule has 0 saturated carbocycles. The number of methoxy groups -OCH3 is 2. The number of amides is 1. The molecule has 0 aliphatic heterocycles. The molecule has 5 nitrogen and oxygen atoms in total. The normalized spacial score (nSPS) is 11.3. The molecule has 2 rings (SSSR count). The zero-order chi connectivity index (χ0) is 18.9. The molecule has 0 heterocycles. The summed E-state index contributed by atoms with van der Waals surface area (Å²) in [6.07, 6.45) is 1.15. The van der Waals surface area contributed by atoms with E-state index in [4.69, 9.17) is 9.47 Å². The van der Waals surface area contributed by atoms with Crippen LogP contribution in [0.25, 0.3) is 0 Å². The van der Waals surface area contributed by atoms with Crippen LogP contribution in [0.1, 0.15) is 29.2 Å². The van der Waals surface area contributed by atoms with Gasteiger partial charge in [0.25, 0.3) is 0 Å². The Morgan fingerprint density at radius 3 is 2.41 bits per heavy atom. The van der Waals surface area contributed by atoms with Crippen LogP contribution in [0.3, 0.4) is 0 Å². The van der Waals surface area contributed by atoms with E-state index in [1.807, 2.05) is 37.4 Å². The summed E-state index contributed by atoms with van der Waals surface area (Å²) in [5.74, 6) is 1.35. The van der Waals surface area contributed by atoms with Crippen molar-refractivity contribution in [1.29, 1.82) is 0 Å². The lowest BCUT2D eigenvalue weighted by Crippen LogP contribution is -2.32. The van der Waals surface area contributed by atoms with Crippen LogP contribution in [0.4, 0.5) is 0 Å². The van der Waals surface area contributed by atoms with Gasteiger partial charge in [0.1, 0.15) is 0 Å². The summed E-state index contributed by atoms with van der Waals surface area (Å²) in [6.45, 7) is 2.73. The molecule has 2 N–H and O–H groups in total. The number of hydrogen-bond acceptors (Lipinski definition) is 4. The molecule has 0 aliphatic rings. The number of aryl methyl sites for hydroxylation is 1. The van der Waals surface area contributed by atoms with Crippen molar-refractivity contribution in [3.05, 3.63) is 59.2 Å². The Bertz CT molecular complexity index is 737. The molecule has 27 heavy (non-hydrogen) atoms. The minimum Gasteiger partial charge on any atom is -0.493 e. The molecule has 2 aromatic rings. The van der Waals surface area contributed by atoms with Gasteiger partial charge in [-0.3, -0.25) is 4.79 Å². The van der Waals surface area contributed by atoms with Gasteiger partial charge in [-0.05, 0) is 49.2 Å². The third kappa shape index (κ3) is 6.45. The average molecular weight is 393 g/mol. The summed E-state index contributed by atoms with van der Waals surface area (Å²) >= 11 is 0. The number of rotatable bonds is 9. The van der Waals surface area contributed by atoms with E-state index in [0.29, 0.717) is 30.9 Å². The van der Waals surface area contributed by atoms with Gasteiger partial charge >= 0.3 is 0 Å². The molecular weight excluding hydrogens is 364 g/mol.